The van der Waals surface area contributed by atoms with Gasteiger partial charge in [-0.05, 0) is 196 Å². The number of oxazole rings is 1. The van der Waals surface area contributed by atoms with Crippen LogP contribution in [0.5, 0.6) is 5.75 Å². The van der Waals surface area contributed by atoms with Crippen LogP contribution in [0.4, 0.5) is 39.8 Å². The Labute approximate surface area is 606 Å². The maximum absolute atomic E-state index is 7.18. The van der Waals surface area contributed by atoms with Crippen LogP contribution in [0.3, 0.4) is 0 Å². The predicted octanol–water partition coefficient (Wildman–Crippen LogP) is 27.0. The summed E-state index contributed by atoms with van der Waals surface area (Å²) < 4.78 is 20.5. The normalized spacial score (nSPS) is 14.5. The third-order valence-corrected chi connectivity index (χ3v) is 23.3. The topological polar surface area (TPSA) is 66.9 Å². The Morgan fingerprint density at radius 1 is 0.324 bits per heavy atom. The van der Waals surface area contributed by atoms with E-state index in [1.54, 1.807) is 0 Å². The van der Waals surface area contributed by atoms with Gasteiger partial charge in [0.05, 0.1) is 11.4 Å². The van der Waals surface area contributed by atoms with E-state index in [-0.39, 0.29) is 10.8 Å². The molecule has 2 aromatic heterocycles. The number of hydrogen-bond donors (Lipinski definition) is 1. The molecule has 105 heavy (non-hydrogen) atoms. The molecule has 0 radical (unpaired) electrons. The van der Waals surface area contributed by atoms with Crippen LogP contribution in [0.1, 0.15) is 61.7 Å². The third-order valence-electron chi connectivity index (χ3n) is 23.3. The highest BCUT2D eigenvalue weighted by molar-refractivity contribution is 6.24. The average molecular weight is 1350 g/mol. The Kier molecular flexibility index (Phi) is 12.5. The second-order valence-corrected chi connectivity index (χ2v) is 29.7. The fourth-order valence-electron chi connectivity index (χ4n) is 18.1. The lowest BCUT2D eigenvalue weighted by molar-refractivity contribution is 0.262. The maximum Gasteiger partial charge on any atom is 0.227 e. The van der Waals surface area contributed by atoms with E-state index in [0.29, 0.717) is 5.89 Å². The van der Waals surface area contributed by atoms with Gasteiger partial charge in [-0.1, -0.05) is 234 Å². The van der Waals surface area contributed by atoms with Crippen molar-refractivity contribution in [3.05, 3.63) is 343 Å². The molecule has 496 valence electrons. The number of hydrogen-bond acceptors (Lipinski definition) is 7. The van der Waals surface area contributed by atoms with Crippen LogP contribution < -0.4 is 19.9 Å². The largest absolute Gasteiger partial charge is 0.464 e. The molecule has 17 aromatic carbocycles. The van der Waals surface area contributed by atoms with Gasteiger partial charge in [-0.2, -0.15) is 0 Å². The lowest BCUT2D eigenvalue weighted by Crippen LogP contribution is -2.16. The Balaban J connectivity index is 0.609. The zero-order valence-electron chi connectivity index (χ0n) is 58.2. The monoisotopic (exact) mass is 1350 g/mol. The maximum atomic E-state index is 7.18. The van der Waals surface area contributed by atoms with Crippen molar-refractivity contribution >= 4 is 137 Å². The first-order chi connectivity index (χ1) is 51.5. The van der Waals surface area contributed by atoms with Gasteiger partial charge in [0, 0.05) is 94.2 Å². The second-order valence-electron chi connectivity index (χ2n) is 29.7. The summed E-state index contributed by atoms with van der Waals surface area (Å²) >= 11 is 0. The summed E-state index contributed by atoms with van der Waals surface area (Å²) in [7, 11) is 0. The van der Waals surface area contributed by atoms with Crippen LogP contribution in [0.2, 0.25) is 0 Å². The van der Waals surface area contributed by atoms with E-state index in [1.807, 2.05) is 24.3 Å². The summed E-state index contributed by atoms with van der Waals surface area (Å²) in [6.07, 6.45) is -0.408. The number of rotatable bonds is 9. The molecule has 2 aliphatic carbocycles. The fraction of sp³-hybridized carbons (Fsp3) is 0.0714. The van der Waals surface area contributed by atoms with Crippen LogP contribution >= 0.6 is 0 Å². The molecule has 0 spiro atoms. The van der Waals surface area contributed by atoms with Gasteiger partial charge < -0.3 is 28.7 Å². The number of nitrogens with zero attached hydrogens (tertiary/aromatic N) is 3. The van der Waals surface area contributed by atoms with Crippen molar-refractivity contribution in [1.82, 2.24) is 4.98 Å². The van der Waals surface area contributed by atoms with Crippen molar-refractivity contribution in [1.29, 1.82) is 0 Å². The fourth-order valence-corrected chi connectivity index (χ4v) is 18.1. The van der Waals surface area contributed by atoms with Crippen LogP contribution in [0.25, 0.3) is 143 Å². The van der Waals surface area contributed by atoms with Gasteiger partial charge in [-0.25, -0.2) is 4.98 Å². The summed E-state index contributed by atoms with van der Waals surface area (Å²) in [5.41, 5.74) is 24.9. The second kappa shape index (κ2) is 22.1. The Morgan fingerprint density at radius 2 is 0.848 bits per heavy atom. The zero-order chi connectivity index (χ0) is 69.6. The van der Waals surface area contributed by atoms with Crippen molar-refractivity contribution in [2.45, 2.75) is 44.8 Å². The molecule has 1 unspecified atom stereocenters. The third kappa shape index (κ3) is 8.82. The molecular weight excluding hydrogens is 1280 g/mol. The number of furan rings is 1. The minimum Gasteiger partial charge on any atom is -0.464 e. The van der Waals surface area contributed by atoms with E-state index in [2.05, 4.69) is 334 Å². The Hall–Kier alpha value is -13.2. The molecule has 0 fully saturated rings. The van der Waals surface area contributed by atoms with E-state index >= 15 is 0 Å². The summed E-state index contributed by atoms with van der Waals surface area (Å²) in [4.78, 5) is 10.0. The highest BCUT2D eigenvalue weighted by Gasteiger charge is 2.39. The molecule has 0 saturated heterocycles. The summed E-state index contributed by atoms with van der Waals surface area (Å²) in [5, 5.41) is 19.6. The molecule has 1 N–H and O–H groups in total. The van der Waals surface area contributed by atoms with Crippen molar-refractivity contribution < 1.29 is 13.6 Å². The van der Waals surface area contributed by atoms with Gasteiger partial charge in [0.25, 0.3) is 0 Å². The first-order valence-electron chi connectivity index (χ1n) is 36.3. The van der Waals surface area contributed by atoms with Gasteiger partial charge >= 0.3 is 0 Å². The molecule has 7 nitrogen and oxygen atoms in total. The van der Waals surface area contributed by atoms with Crippen LogP contribution in [0.15, 0.2) is 324 Å². The number of ether oxygens (including phenoxy) is 1. The molecule has 0 saturated carbocycles. The number of anilines is 7. The Morgan fingerprint density at radius 3 is 1.61 bits per heavy atom. The Bertz CT molecular complexity index is 6940. The molecular formula is C98H66N4O3. The van der Waals surface area contributed by atoms with Gasteiger partial charge in [0.1, 0.15) is 16.7 Å². The first-order valence-corrected chi connectivity index (χ1v) is 36.3. The van der Waals surface area contributed by atoms with Crippen LogP contribution in [-0.4, -0.2) is 4.98 Å². The quantitative estimate of drug-likeness (QED) is 0.144. The van der Waals surface area contributed by atoms with Crippen LogP contribution in [-0.2, 0) is 10.8 Å². The molecule has 3 aliphatic rings. The average Bonchev–Trinajstić information content (AvgIpc) is 1.69. The van der Waals surface area contributed by atoms with Crippen LogP contribution in [0, 0.1) is 0 Å². The highest BCUT2D eigenvalue weighted by Crippen LogP contribution is 2.56. The summed E-state index contributed by atoms with van der Waals surface area (Å²) in [5.74, 6) is 1.47. The number of benzene rings is 17. The van der Waals surface area contributed by atoms with E-state index in [0.717, 1.165) is 144 Å². The summed E-state index contributed by atoms with van der Waals surface area (Å²) in [6.45, 7) is 9.46. The minimum absolute atomic E-state index is 0.180. The van der Waals surface area contributed by atoms with E-state index in [4.69, 9.17) is 18.6 Å². The van der Waals surface area contributed by atoms with Gasteiger partial charge in [-0.15, -0.1) is 0 Å². The number of fused-ring (bicyclic) bond motifs is 24. The SMILES string of the molecule is CC1(C)c2ccccc2-c2ccc(N(c3ccc4c(c3)oc3ccccc34)c3ccc4c5c(c6ccccc6c4c3)NC(c3ccc(-c4ccc6c(c4)-c4ccc(N(c7ccc8c(c7)c7ccccc7c7nc(-c9ccccc9)oc87)c7cc8ccccc8c8ccccc78)cc4C6(C)C)cc3)O5)cc21. The van der Waals surface area contributed by atoms with E-state index < -0.39 is 6.23 Å². The molecule has 0 bridgehead atoms. The summed E-state index contributed by atoms with van der Waals surface area (Å²) in [6, 6.07) is 115. The number of aromatic nitrogens is 1. The smallest absolute Gasteiger partial charge is 0.227 e. The molecule has 19 aromatic rings. The van der Waals surface area contributed by atoms with Crippen molar-refractivity contribution in [2.75, 3.05) is 15.1 Å². The molecule has 22 rings (SSSR count). The molecule has 1 atom stereocenters. The number of para-hydroxylation sites is 1. The van der Waals surface area contributed by atoms with E-state index in [9.17, 15) is 0 Å². The molecule has 7 heteroatoms. The van der Waals surface area contributed by atoms with Gasteiger partial charge in [0.2, 0.25) is 5.89 Å². The van der Waals surface area contributed by atoms with Crippen molar-refractivity contribution in [2.24, 2.45) is 0 Å². The van der Waals surface area contributed by atoms with Crippen molar-refractivity contribution in [3.8, 4) is 50.6 Å². The van der Waals surface area contributed by atoms with Crippen molar-refractivity contribution in [3.63, 3.8) is 0 Å². The molecule has 1 aliphatic heterocycles. The first kappa shape index (κ1) is 59.5. The van der Waals surface area contributed by atoms with E-state index in [1.165, 1.54) is 66.1 Å². The predicted molar refractivity (Wildman–Crippen MR) is 435 cm³/mol. The molecule has 0 amide bonds. The van der Waals surface area contributed by atoms with Gasteiger partial charge in [0.15, 0.2) is 17.6 Å². The zero-order valence-corrected chi connectivity index (χ0v) is 58.2. The minimum atomic E-state index is -0.408. The standard InChI is InChI=1S/C98H66N4O3/c1-97(2)84-32-18-16-27-71(84)72-44-39-64(54-86(72)97)101(66-41-46-76-75-29-17-19-33-89(75)103-90(76)56-66)62-42-47-79-81(52-62)69-25-11-14-30-77(69)92-94(79)105-96(100-92)59-36-34-57(35-37-59)60-38-49-85-83(50-60)73-45-40-65(55-87(73)98(85,3)4)102(88-51-61-22-8-9-23-67(61)68-24-10-13-28-74(68)88)63-43-48-80-82(53-63)70-26-12-15-31-78(70)91-93(80)104-95(99-91)58-20-6-5-7-21-58/h5-56,96,100H,1-4H3. The van der Waals surface area contributed by atoms with Gasteiger partial charge in [-0.3, -0.25) is 0 Å². The number of nitrogens with one attached hydrogen (secondary N) is 1. The highest BCUT2D eigenvalue weighted by atomic mass is 16.5. The molecule has 3 heterocycles. The lowest BCUT2D eigenvalue weighted by Gasteiger charge is -2.30. The lowest BCUT2D eigenvalue weighted by atomic mass is 9.82.